The molecule has 0 bridgehead atoms. The van der Waals surface area contributed by atoms with Gasteiger partial charge in [-0.05, 0) is 25.1 Å². The molecule has 0 saturated heterocycles. The molecule has 0 aromatic carbocycles. The van der Waals surface area contributed by atoms with E-state index in [4.69, 9.17) is 10.5 Å². The largest absolute Gasteiger partial charge is 0.496 e. The maximum atomic E-state index is 5.48. The molecule has 0 aliphatic heterocycles. The smallest absolute Gasteiger partial charge is 0.141 e. The lowest BCUT2D eigenvalue weighted by atomic mass is 10.2. The Kier molecular flexibility index (Phi) is 2.37. The van der Waals surface area contributed by atoms with Crippen molar-refractivity contribution >= 4 is 11.0 Å². The topological polar surface area (TPSA) is 63.9 Å². The van der Waals surface area contributed by atoms with Crippen LogP contribution < -0.4 is 10.5 Å². The van der Waals surface area contributed by atoms with E-state index in [9.17, 15) is 0 Å². The minimum Gasteiger partial charge on any atom is -0.496 e. The van der Waals surface area contributed by atoms with Crippen LogP contribution in [0.3, 0.4) is 0 Å². The summed E-state index contributed by atoms with van der Waals surface area (Å²) >= 11 is 0. The number of rotatable bonds is 3. The number of hydrogen-bond donors (Lipinski definition) is 2. The predicted octanol–water partition coefficient (Wildman–Crippen LogP) is 1.07. The van der Waals surface area contributed by atoms with Crippen molar-refractivity contribution in [2.75, 3.05) is 13.7 Å². The second-order valence-electron chi connectivity index (χ2n) is 3.11. The quantitative estimate of drug-likeness (QED) is 0.762. The minimum atomic E-state index is 0.634. The second-order valence-corrected chi connectivity index (χ2v) is 3.11. The molecule has 0 saturated carbocycles. The van der Waals surface area contributed by atoms with Gasteiger partial charge in [0.25, 0.3) is 0 Å². The van der Waals surface area contributed by atoms with Gasteiger partial charge in [0.1, 0.15) is 11.4 Å². The number of aromatic nitrogens is 2. The Balaban J connectivity index is 2.52. The number of methoxy groups -OCH3 is 1. The summed E-state index contributed by atoms with van der Waals surface area (Å²) in [5.41, 5.74) is 7.43. The van der Waals surface area contributed by atoms with Gasteiger partial charge in [0.15, 0.2) is 0 Å². The number of aromatic amines is 1. The minimum absolute atomic E-state index is 0.634. The molecule has 2 aromatic heterocycles. The number of nitrogens with zero attached hydrogens (tertiary/aromatic N) is 1. The highest BCUT2D eigenvalue weighted by Crippen LogP contribution is 2.24. The summed E-state index contributed by atoms with van der Waals surface area (Å²) in [5, 5.41) is 1.01. The van der Waals surface area contributed by atoms with E-state index in [1.807, 2.05) is 12.1 Å². The molecule has 0 spiro atoms. The van der Waals surface area contributed by atoms with Gasteiger partial charge in [-0.2, -0.15) is 0 Å². The lowest BCUT2D eigenvalue weighted by Crippen LogP contribution is -2.02. The molecule has 4 nitrogen and oxygen atoms in total. The summed E-state index contributed by atoms with van der Waals surface area (Å²) in [7, 11) is 1.66. The second kappa shape index (κ2) is 3.67. The molecule has 0 aliphatic carbocycles. The Hall–Kier alpha value is -1.55. The van der Waals surface area contributed by atoms with E-state index in [1.54, 1.807) is 13.3 Å². The zero-order chi connectivity index (χ0) is 9.97. The van der Waals surface area contributed by atoms with Gasteiger partial charge in [0.2, 0.25) is 0 Å². The summed E-state index contributed by atoms with van der Waals surface area (Å²) in [5.74, 6) is 0.842. The van der Waals surface area contributed by atoms with Crippen LogP contribution in [0.5, 0.6) is 5.75 Å². The van der Waals surface area contributed by atoms with Crippen molar-refractivity contribution in [2.45, 2.75) is 6.42 Å². The van der Waals surface area contributed by atoms with Gasteiger partial charge in [-0.3, -0.25) is 0 Å². The Morgan fingerprint density at radius 3 is 3.14 bits per heavy atom. The first-order valence-electron chi connectivity index (χ1n) is 4.56. The maximum Gasteiger partial charge on any atom is 0.141 e. The molecule has 0 amide bonds. The molecule has 2 rings (SSSR count). The summed E-state index contributed by atoms with van der Waals surface area (Å²) in [6.45, 7) is 0.634. The van der Waals surface area contributed by atoms with E-state index in [0.29, 0.717) is 6.54 Å². The van der Waals surface area contributed by atoms with Gasteiger partial charge in [-0.15, -0.1) is 0 Å². The van der Waals surface area contributed by atoms with Gasteiger partial charge < -0.3 is 15.5 Å². The van der Waals surface area contributed by atoms with E-state index in [-0.39, 0.29) is 0 Å². The molecular formula is C10H13N3O. The van der Waals surface area contributed by atoms with Crippen LogP contribution >= 0.6 is 0 Å². The van der Waals surface area contributed by atoms with Crippen molar-refractivity contribution in [3.63, 3.8) is 0 Å². The molecule has 0 aliphatic rings. The van der Waals surface area contributed by atoms with Crippen molar-refractivity contribution in [3.05, 3.63) is 24.0 Å². The average molecular weight is 191 g/mol. The standard InChI is InChI=1S/C10H13N3O/c1-14-9-3-5-12-10-8(9)6-7(13-10)2-4-11/h3,5-6H,2,4,11H2,1H3,(H,12,13). The van der Waals surface area contributed by atoms with E-state index in [2.05, 4.69) is 9.97 Å². The van der Waals surface area contributed by atoms with Gasteiger partial charge in [0, 0.05) is 11.9 Å². The van der Waals surface area contributed by atoms with E-state index < -0.39 is 0 Å². The predicted molar refractivity (Wildman–Crippen MR) is 55.4 cm³/mol. The summed E-state index contributed by atoms with van der Waals surface area (Å²) < 4.78 is 5.23. The number of nitrogens with one attached hydrogen (secondary N) is 1. The first kappa shape index (κ1) is 9.02. The van der Waals surface area contributed by atoms with Gasteiger partial charge in [0.05, 0.1) is 12.5 Å². The van der Waals surface area contributed by atoms with Crippen molar-refractivity contribution in [2.24, 2.45) is 5.73 Å². The fraction of sp³-hybridized carbons (Fsp3) is 0.300. The summed E-state index contributed by atoms with van der Waals surface area (Å²) in [4.78, 5) is 7.42. The normalized spacial score (nSPS) is 10.7. The van der Waals surface area contributed by atoms with Gasteiger partial charge in [-0.25, -0.2) is 4.98 Å². The Bertz CT molecular complexity index is 436. The van der Waals surface area contributed by atoms with Crippen LogP contribution in [0, 0.1) is 0 Å². The van der Waals surface area contributed by atoms with E-state index >= 15 is 0 Å². The molecule has 2 aromatic rings. The molecular weight excluding hydrogens is 178 g/mol. The third-order valence-corrected chi connectivity index (χ3v) is 2.18. The van der Waals surface area contributed by atoms with Crippen molar-refractivity contribution in [3.8, 4) is 5.75 Å². The molecule has 0 unspecified atom stereocenters. The third-order valence-electron chi connectivity index (χ3n) is 2.18. The third kappa shape index (κ3) is 1.44. The van der Waals surface area contributed by atoms with Crippen molar-refractivity contribution in [1.82, 2.24) is 9.97 Å². The number of H-pyrrole nitrogens is 1. The molecule has 0 fully saturated rings. The zero-order valence-electron chi connectivity index (χ0n) is 8.08. The van der Waals surface area contributed by atoms with Gasteiger partial charge >= 0.3 is 0 Å². The van der Waals surface area contributed by atoms with E-state index in [0.717, 1.165) is 28.9 Å². The highest BCUT2D eigenvalue weighted by Gasteiger charge is 2.05. The average Bonchev–Trinajstić information content (AvgIpc) is 2.60. The zero-order valence-corrected chi connectivity index (χ0v) is 8.08. The van der Waals surface area contributed by atoms with E-state index in [1.165, 1.54) is 0 Å². The first-order chi connectivity index (χ1) is 6.85. The van der Waals surface area contributed by atoms with Crippen LogP contribution in [0.2, 0.25) is 0 Å². The molecule has 14 heavy (non-hydrogen) atoms. The number of fused-ring (bicyclic) bond motifs is 1. The molecule has 2 heterocycles. The van der Waals surface area contributed by atoms with Crippen LogP contribution in [0.1, 0.15) is 5.69 Å². The van der Waals surface area contributed by atoms with Crippen LogP contribution in [0.15, 0.2) is 18.3 Å². The first-order valence-corrected chi connectivity index (χ1v) is 4.56. The van der Waals surface area contributed by atoms with Crippen molar-refractivity contribution < 1.29 is 4.74 Å². The van der Waals surface area contributed by atoms with Crippen LogP contribution in [-0.4, -0.2) is 23.6 Å². The highest BCUT2D eigenvalue weighted by molar-refractivity contribution is 5.83. The van der Waals surface area contributed by atoms with Gasteiger partial charge in [-0.1, -0.05) is 0 Å². The Labute approximate surface area is 82.1 Å². The Morgan fingerprint density at radius 2 is 2.43 bits per heavy atom. The molecule has 0 atom stereocenters. The lowest BCUT2D eigenvalue weighted by Gasteiger charge is -1.98. The number of ether oxygens (including phenoxy) is 1. The number of pyridine rings is 1. The lowest BCUT2D eigenvalue weighted by molar-refractivity contribution is 0.419. The monoisotopic (exact) mass is 191 g/mol. The van der Waals surface area contributed by atoms with Crippen LogP contribution in [-0.2, 0) is 6.42 Å². The number of hydrogen-bond acceptors (Lipinski definition) is 3. The van der Waals surface area contributed by atoms with Crippen molar-refractivity contribution in [1.29, 1.82) is 0 Å². The summed E-state index contributed by atoms with van der Waals surface area (Å²) in [6, 6.07) is 3.89. The maximum absolute atomic E-state index is 5.48. The molecule has 3 N–H and O–H groups in total. The number of nitrogens with two attached hydrogens (primary N) is 1. The summed E-state index contributed by atoms with van der Waals surface area (Å²) in [6.07, 6.45) is 2.56. The SMILES string of the molecule is COc1ccnc2[nH]c(CCN)cc12. The fourth-order valence-electron chi connectivity index (χ4n) is 1.53. The Morgan fingerprint density at radius 1 is 1.57 bits per heavy atom. The fourth-order valence-corrected chi connectivity index (χ4v) is 1.53. The van der Waals surface area contributed by atoms with Crippen LogP contribution in [0.4, 0.5) is 0 Å². The molecule has 74 valence electrons. The molecule has 0 radical (unpaired) electrons. The van der Waals surface area contributed by atoms with Crippen LogP contribution in [0.25, 0.3) is 11.0 Å². The molecule has 4 heteroatoms. The highest BCUT2D eigenvalue weighted by atomic mass is 16.5.